The predicted octanol–water partition coefficient (Wildman–Crippen LogP) is 1.59. The molecule has 0 saturated carbocycles. The van der Waals surface area contributed by atoms with Crippen molar-refractivity contribution < 1.29 is 9.32 Å². The molecule has 1 rings (SSSR count). The molecule has 11 heavy (non-hydrogen) atoms. The summed E-state index contributed by atoms with van der Waals surface area (Å²) in [7, 11) is 0. The van der Waals surface area contributed by atoms with Gasteiger partial charge in [-0.05, 0) is 25.5 Å². The van der Waals surface area contributed by atoms with Gasteiger partial charge in [0, 0.05) is 6.07 Å². The van der Waals surface area contributed by atoms with Crippen LogP contribution in [0, 0.1) is 6.92 Å². The van der Waals surface area contributed by atoms with Gasteiger partial charge in [0.25, 0.3) is 0 Å². The van der Waals surface area contributed by atoms with Gasteiger partial charge in [0.05, 0.1) is 5.69 Å². The maximum atomic E-state index is 10.2. The summed E-state index contributed by atoms with van der Waals surface area (Å²) in [5, 5.41) is 3.67. The highest BCUT2D eigenvalue weighted by Gasteiger charge is 1.95. The number of carbonyl (C=O) groups is 1. The van der Waals surface area contributed by atoms with E-state index in [9.17, 15) is 4.79 Å². The molecule has 0 amide bonds. The molecule has 0 aliphatic heterocycles. The van der Waals surface area contributed by atoms with E-state index in [0.29, 0.717) is 11.3 Å². The van der Waals surface area contributed by atoms with Gasteiger partial charge in [0.15, 0.2) is 5.76 Å². The monoisotopic (exact) mass is 151 g/mol. The molecule has 0 atom stereocenters. The summed E-state index contributed by atoms with van der Waals surface area (Å²) in [6.07, 6.45) is 2.42. The molecule has 1 aromatic heterocycles. The van der Waals surface area contributed by atoms with Crippen molar-refractivity contribution in [2.75, 3.05) is 0 Å². The molecule has 1 heterocycles. The quantitative estimate of drug-likeness (QED) is 0.476. The molecule has 0 aliphatic carbocycles. The zero-order chi connectivity index (χ0) is 8.27. The summed E-state index contributed by atoms with van der Waals surface area (Å²) in [6.45, 7) is 3.54. The van der Waals surface area contributed by atoms with Crippen molar-refractivity contribution in [2.24, 2.45) is 0 Å². The number of aromatic nitrogens is 1. The third kappa shape index (κ3) is 2.04. The summed E-state index contributed by atoms with van der Waals surface area (Å²) < 4.78 is 4.85. The lowest BCUT2D eigenvalue weighted by Crippen LogP contribution is -1.74. The molecule has 1 aromatic rings. The van der Waals surface area contributed by atoms with Gasteiger partial charge < -0.3 is 4.52 Å². The highest BCUT2D eigenvalue weighted by molar-refractivity contribution is 5.79. The summed E-state index contributed by atoms with van der Waals surface area (Å²) in [6, 6.07) is 1.77. The first-order valence-electron chi connectivity index (χ1n) is 3.29. The number of allylic oxidation sites excluding steroid dienone is 1. The molecule has 0 spiro atoms. The van der Waals surface area contributed by atoms with Crippen LogP contribution in [-0.4, -0.2) is 11.4 Å². The van der Waals surface area contributed by atoms with Crippen LogP contribution in [0.3, 0.4) is 0 Å². The van der Waals surface area contributed by atoms with E-state index < -0.39 is 0 Å². The van der Waals surface area contributed by atoms with Crippen molar-refractivity contribution in [3.63, 3.8) is 0 Å². The fraction of sp³-hybridized carbons (Fsp3) is 0.250. The highest BCUT2D eigenvalue weighted by atomic mass is 16.5. The molecule has 0 bridgehead atoms. The number of hydrogen-bond acceptors (Lipinski definition) is 3. The normalized spacial score (nSPS) is 11.6. The van der Waals surface area contributed by atoms with Gasteiger partial charge in [0.1, 0.15) is 6.29 Å². The minimum Gasteiger partial charge on any atom is -0.357 e. The largest absolute Gasteiger partial charge is 0.357 e. The van der Waals surface area contributed by atoms with Crippen LogP contribution in [0.25, 0.3) is 6.08 Å². The molecule has 0 saturated heterocycles. The molecular weight excluding hydrogens is 142 g/mol. The van der Waals surface area contributed by atoms with Gasteiger partial charge in [-0.3, -0.25) is 4.79 Å². The lowest BCUT2D eigenvalue weighted by molar-refractivity contribution is -0.104. The van der Waals surface area contributed by atoms with Crippen molar-refractivity contribution in [1.29, 1.82) is 0 Å². The van der Waals surface area contributed by atoms with E-state index in [4.69, 9.17) is 4.52 Å². The zero-order valence-corrected chi connectivity index (χ0v) is 6.50. The summed E-state index contributed by atoms with van der Waals surface area (Å²) in [4.78, 5) is 10.2. The molecule has 0 unspecified atom stereocenters. The lowest BCUT2D eigenvalue weighted by atomic mass is 10.2. The molecule has 0 aliphatic rings. The Labute approximate surface area is 64.7 Å². The van der Waals surface area contributed by atoms with E-state index in [-0.39, 0.29) is 0 Å². The van der Waals surface area contributed by atoms with Crippen LogP contribution < -0.4 is 0 Å². The van der Waals surface area contributed by atoms with E-state index in [1.165, 1.54) is 0 Å². The summed E-state index contributed by atoms with van der Waals surface area (Å²) in [5.41, 5.74) is 1.44. The predicted molar refractivity (Wildman–Crippen MR) is 41.0 cm³/mol. The van der Waals surface area contributed by atoms with Crippen molar-refractivity contribution in [2.45, 2.75) is 13.8 Å². The Hall–Kier alpha value is -1.38. The lowest BCUT2D eigenvalue weighted by Gasteiger charge is -1.82. The maximum absolute atomic E-state index is 10.2. The minimum atomic E-state index is 0.618. The topological polar surface area (TPSA) is 43.1 Å². The SMILES string of the molecule is C/C(C=O)=C\c1cc(C)no1. The molecule has 58 valence electrons. The highest BCUT2D eigenvalue weighted by Crippen LogP contribution is 2.06. The second kappa shape index (κ2) is 3.14. The van der Waals surface area contributed by atoms with Crippen molar-refractivity contribution in [3.05, 3.63) is 23.1 Å². The van der Waals surface area contributed by atoms with Gasteiger partial charge >= 0.3 is 0 Å². The van der Waals surface area contributed by atoms with E-state index in [2.05, 4.69) is 5.16 Å². The van der Waals surface area contributed by atoms with Gasteiger partial charge in [0.2, 0.25) is 0 Å². The van der Waals surface area contributed by atoms with E-state index in [0.717, 1.165) is 12.0 Å². The first kappa shape index (κ1) is 7.72. The van der Waals surface area contributed by atoms with Gasteiger partial charge in [-0.15, -0.1) is 0 Å². The third-order valence-corrected chi connectivity index (χ3v) is 1.20. The Morgan fingerprint density at radius 2 is 2.45 bits per heavy atom. The maximum Gasteiger partial charge on any atom is 0.160 e. The smallest absolute Gasteiger partial charge is 0.160 e. The van der Waals surface area contributed by atoms with Gasteiger partial charge in [-0.2, -0.15) is 0 Å². The minimum absolute atomic E-state index is 0.618. The van der Waals surface area contributed by atoms with E-state index >= 15 is 0 Å². The Bertz CT molecular complexity index is 286. The van der Waals surface area contributed by atoms with E-state index in [1.54, 1.807) is 19.1 Å². The molecule has 0 fully saturated rings. The average molecular weight is 151 g/mol. The molecule has 0 N–H and O–H groups in total. The number of aldehydes is 1. The standard InChI is InChI=1S/C8H9NO2/c1-6(5-10)3-8-4-7(2)9-11-8/h3-5H,1-2H3/b6-3+. The molecule has 0 aromatic carbocycles. The van der Waals surface area contributed by atoms with Gasteiger partial charge in [-0.25, -0.2) is 0 Å². The average Bonchev–Trinajstić information content (AvgIpc) is 2.35. The van der Waals surface area contributed by atoms with E-state index in [1.807, 2.05) is 6.92 Å². The van der Waals surface area contributed by atoms with Crippen LogP contribution >= 0.6 is 0 Å². The molecule has 3 nitrogen and oxygen atoms in total. The Morgan fingerprint density at radius 1 is 1.73 bits per heavy atom. The Balaban J connectivity index is 2.86. The fourth-order valence-corrected chi connectivity index (χ4v) is 0.710. The number of nitrogens with zero attached hydrogens (tertiary/aromatic N) is 1. The molecule has 3 heteroatoms. The Kier molecular flexibility index (Phi) is 2.21. The number of hydrogen-bond donors (Lipinski definition) is 0. The van der Waals surface area contributed by atoms with Crippen LogP contribution in [-0.2, 0) is 4.79 Å². The first-order valence-corrected chi connectivity index (χ1v) is 3.29. The third-order valence-electron chi connectivity index (χ3n) is 1.20. The fourth-order valence-electron chi connectivity index (χ4n) is 0.710. The zero-order valence-electron chi connectivity index (χ0n) is 6.50. The molecule has 0 radical (unpaired) electrons. The second-order valence-electron chi connectivity index (χ2n) is 2.38. The van der Waals surface area contributed by atoms with Gasteiger partial charge in [-0.1, -0.05) is 5.16 Å². The Morgan fingerprint density at radius 3 is 2.91 bits per heavy atom. The van der Waals surface area contributed by atoms with Crippen LogP contribution in [0.15, 0.2) is 16.2 Å². The van der Waals surface area contributed by atoms with Crippen LogP contribution in [0.4, 0.5) is 0 Å². The van der Waals surface area contributed by atoms with Crippen LogP contribution in [0.2, 0.25) is 0 Å². The first-order chi connectivity index (χ1) is 5.22. The van der Waals surface area contributed by atoms with Crippen LogP contribution in [0.1, 0.15) is 18.4 Å². The summed E-state index contributed by atoms with van der Waals surface area (Å²) >= 11 is 0. The van der Waals surface area contributed by atoms with Crippen molar-refractivity contribution >= 4 is 12.4 Å². The number of aryl methyl sites for hydroxylation is 1. The molecular formula is C8H9NO2. The van der Waals surface area contributed by atoms with Crippen LogP contribution in [0.5, 0.6) is 0 Å². The number of carbonyl (C=O) groups excluding carboxylic acids is 1. The van der Waals surface area contributed by atoms with Crippen molar-refractivity contribution in [1.82, 2.24) is 5.16 Å². The van der Waals surface area contributed by atoms with Crippen molar-refractivity contribution in [3.8, 4) is 0 Å². The number of rotatable bonds is 2. The second-order valence-corrected chi connectivity index (χ2v) is 2.38. The summed E-state index contributed by atoms with van der Waals surface area (Å²) in [5.74, 6) is 0.618.